The van der Waals surface area contributed by atoms with Gasteiger partial charge in [-0.15, -0.1) is 0 Å². The molecule has 0 radical (unpaired) electrons. The third-order valence-electron chi connectivity index (χ3n) is 6.92. The molecule has 6 nitrogen and oxygen atoms in total. The highest BCUT2D eigenvalue weighted by atomic mass is 19.4. The Morgan fingerprint density at radius 3 is 2.52 bits per heavy atom. The Morgan fingerprint density at radius 2 is 1.90 bits per heavy atom. The summed E-state index contributed by atoms with van der Waals surface area (Å²) in [7, 11) is 0. The lowest BCUT2D eigenvalue weighted by Gasteiger charge is -2.36. The quantitative estimate of drug-likeness (QED) is 0.685. The lowest BCUT2D eigenvalue weighted by molar-refractivity contribution is -0.149. The van der Waals surface area contributed by atoms with E-state index in [0.29, 0.717) is 11.0 Å². The fourth-order valence-corrected chi connectivity index (χ4v) is 4.71. The molecule has 1 aromatic carbocycles. The maximum atomic E-state index is 12.9. The van der Waals surface area contributed by atoms with Gasteiger partial charge in [-0.05, 0) is 37.5 Å². The summed E-state index contributed by atoms with van der Waals surface area (Å²) >= 11 is 0. The molecule has 2 fully saturated rings. The van der Waals surface area contributed by atoms with Gasteiger partial charge < -0.3 is 14.6 Å². The van der Waals surface area contributed by atoms with E-state index in [2.05, 4.69) is 33.6 Å². The topological polar surface area (TPSA) is 61.5 Å². The van der Waals surface area contributed by atoms with Crippen molar-refractivity contribution in [1.29, 1.82) is 0 Å². The fraction of sp³-hybridized carbons (Fsp3) is 0.636. The average molecular weight is 438 g/mol. The van der Waals surface area contributed by atoms with Crippen LogP contribution in [0, 0.1) is 5.41 Å². The van der Waals surface area contributed by atoms with E-state index < -0.39 is 12.0 Å². The number of imidazole rings is 1. The van der Waals surface area contributed by atoms with Gasteiger partial charge in [0.15, 0.2) is 0 Å². The highest BCUT2D eigenvalue weighted by Gasteiger charge is 2.46. The number of piperazine rings is 1. The highest BCUT2D eigenvalue weighted by molar-refractivity contribution is 5.80. The summed E-state index contributed by atoms with van der Waals surface area (Å²) in [5.41, 5.74) is 1.30. The number of halogens is 3. The number of rotatable bonds is 6. The third kappa shape index (κ3) is 4.37. The van der Waals surface area contributed by atoms with E-state index in [1.807, 2.05) is 6.07 Å². The second kappa shape index (κ2) is 8.33. The van der Waals surface area contributed by atoms with Crippen molar-refractivity contribution in [3.8, 4) is 0 Å². The minimum atomic E-state index is -4.48. The zero-order valence-electron chi connectivity index (χ0n) is 18.0. The van der Waals surface area contributed by atoms with Crippen LogP contribution < -0.4 is 4.90 Å². The van der Waals surface area contributed by atoms with Crippen molar-refractivity contribution in [2.24, 2.45) is 5.41 Å². The predicted molar refractivity (Wildman–Crippen MR) is 112 cm³/mol. The molecule has 9 heteroatoms. The Labute approximate surface area is 179 Å². The van der Waals surface area contributed by atoms with Crippen molar-refractivity contribution in [3.63, 3.8) is 0 Å². The van der Waals surface area contributed by atoms with Gasteiger partial charge in [-0.3, -0.25) is 9.69 Å². The van der Waals surface area contributed by atoms with Gasteiger partial charge in [0, 0.05) is 44.8 Å². The summed E-state index contributed by atoms with van der Waals surface area (Å²) in [5.74, 6) is -1.01. The van der Waals surface area contributed by atoms with Crippen LogP contribution in [0.5, 0.6) is 0 Å². The van der Waals surface area contributed by atoms with Crippen LogP contribution in [-0.2, 0) is 15.7 Å². The van der Waals surface area contributed by atoms with Gasteiger partial charge in [0.05, 0.1) is 16.4 Å². The van der Waals surface area contributed by atoms with Crippen molar-refractivity contribution >= 4 is 22.7 Å². The van der Waals surface area contributed by atoms with Crippen LogP contribution in [0.15, 0.2) is 18.2 Å². The Kier molecular flexibility index (Phi) is 5.89. The summed E-state index contributed by atoms with van der Waals surface area (Å²) in [5, 5.41) is 0. The number of nitrogens with zero attached hydrogens (tertiary/aromatic N) is 3. The van der Waals surface area contributed by atoms with Crippen LogP contribution >= 0.6 is 0 Å². The summed E-state index contributed by atoms with van der Waals surface area (Å²) < 4.78 is 44.3. The number of esters is 1. The number of H-pyrrole nitrogens is 1. The van der Waals surface area contributed by atoms with Gasteiger partial charge in [0.25, 0.3) is 0 Å². The van der Waals surface area contributed by atoms with E-state index >= 15 is 0 Å². The molecule has 1 aromatic heterocycles. The molecule has 170 valence electrons. The number of nitrogens with one attached hydrogen (secondary N) is 1. The fourth-order valence-electron chi connectivity index (χ4n) is 4.71. The minimum absolute atomic E-state index is 0.00366. The standard InChI is InChI=1S/C22H29F3N4O2/c1-3-21(4-2)14-16(31-20(21)30)7-8-28-9-11-29(12-10-28)15-5-6-17-18(13-15)27-19(26-17)22(23,24)25/h5-6,13,16H,3-4,7-12,14H2,1-2H3,(H,26,27). The molecule has 31 heavy (non-hydrogen) atoms. The van der Waals surface area contributed by atoms with Crippen molar-refractivity contribution < 1.29 is 22.7 Å². The van der Waals surface area contributed by atoms with Crippen molar-refractivity contribution in [1.82, 2.24) is 14.9 Å². The molecule has 2 saturated heterocycles. The number of carbonyl (C=O) groups excluding carboxylic acids is 1. The normalized spacial score (nSPS) is 22.3. The number of cyclic esters (lactones) is 1. The monoisotopic (exact) mass is 438 g/mol. The molecule has 2 aliphatic heterocycles. The molecule has 0 spiro atoms. The zero-order valence-corrected chi connectivity index (χ0v) is 18.0. The Morgan fingerprint density at radius 1 is 1.19 bits per heavy atom. The van der Waals surface area contributed by atoms with Crippen molar-refractivity contribution in [2.75, 3.05) is 37.6 Å². The number of fused-ring (bicyclic) bond motifs is 1. The molecule has 0 saturated carbocycles. The van der Waals surface area contributed by atoms with E-state index in [1.165, 1.54) is 0 Å². The van der Waals surface area contributed by atoms with Crippen LogP contribution in [-0.4, -0.2) is 59.7 Å². The van der Waals surface area contributed by atoms with Crippen LogP contribution in [0.25, 0.3) is 11.0 Å². The Balaban J connectivity index is 1.30. The third-order valence-corrected chi connectivity index (χ3v) is 6.92. The first-order valence-electron chi connectivity index (χ1n) is 11.0. The number of anilines is 1. The van der Waals surface area contributed by atoms with Crippen LogP contribution in [0.3, 0.4) is 0 Å². The second-order valence-electron chi connectivity index (χ2n) is 8.62. The largest absolute Gasteiger partial charge is 0.462 e. The van der Waals surface area contributed by atoms with E-state index in [4.69, 9.17) is 4.74 Å². The maximum Gasteiger partial charge on any atom is 0.449 e. The molecular weight excluding hydrogens is 409 g/mol. The van der Waals surface area contributed by atoms with Gasteiger partial charge in [-0.1, -0.05) is 13.8 Å². The summed E-state index contributed by atoms with van der Waals surface area (Å²) in [6, 6.07) is 5.19. The molecule has 0 bridgehead atoms. The van der Waals surface area contributed by atoms with Crippen LogP contribution in [0.4, 0.5) is 18.9 Å². The predicted octanol–water partition coefficient (Wildman–Crippen LogP) is 4.22. The lowest BCUT2D eigenvalue weighted by atomic mass is 9.79. The molecule has 1 N–H and O–H groups in total. The lowest BCUT2D eigenvalue weighted by Crippen LogP contribution is -2.47. The Hall–Kier alpha value is -2.29. The average Bonchev–Trinajstić information content (AvgIpc) is 3.33. The smallest absolute Gasteiger partial charge is 0.449 e. The first-order valence-corrected chi connectivity index (χ1v) is 11.0. The first kappa shape index (κ1) is 21.9. The van der Waals surface area contributed by atoms with Crippen LogP contribution in [0.2, 0.25) is 0 Å². The zero-order chi connectivity index (χ0) is 22.2. The molecule has 0 amide bonds. The molecular formula is C22H29F3N4O2. The van der Waals surface area contributed by atoms with E-state index in [1.54, 1.807) is 12.1 Å². The Bertz CT molecular complexity index is 930. The molecule has 1 atom stereocenters. The summed E-state index contributed by atoms with van der Waals surface area (Å²) in [4.78, 5) is 22.8. The van der Waals surface area contributed by atoms with Gasteiger partial charge in [-0.2, -0.15) is 13.2 Å². The van der Waals surface area contributed by atoms with Crippen molar-refractivity contribution in [3.05, 3.63) is 24.0 Å². The molecule has 2 aromatic rings. The molecule has 3 heterocycles. The summed E-state index contributed by atoms with van der Waals surface area (Å²) in [6.07, 6.45) is -1.19. The number of aromatic amines is 1. The number of hydrogen-bond acceptors (Lipinski definition) is 5. The maximum absolute atomic E-state index is 12.9. The van der Waals surface area contributed by atoms with E-state index in [9.17, 15) is 18.0 Å². The number of carbonyl (C=O) groups is 1. The second-order valence-corrected chi connectivity index (χ2v) is 8.62. The van der Waals surface area contributed by atoms with Gasteiger partial charge in [0.2, 0.25) is 5.82 Å². The minimum Gasteiger partial charge on any atom is -0.462 e. The highest BCUT2D eigenvalue weighted by Crippen LogP contribution is 2.41. The number of ether oxygens (including phenoxy) is 1. The van der Waals surface area contributed by atoms with Crippen LogP contribution in [0.1, 0.15) is 45.4 Å². The van der Waals surface area contributed by atoms with E-state index in [-0.39, 0.29) is 17.5 Å². The number of hydrogen-bond donors (Lipinski definition) is 1. The first-order chi connectivity index (χ1) is 14.7. The number of aromatic nitrogens is 2. The van der Waals surface area contributed by atoms with Gasteiger partial charge >= 0.3 is 12.1 Å². The van der Waals surface area contributed by atoms with E-state index in [0.717, 1.165) is 64.1 Å². The molecule has 1 unspecified atom stereocenters. The number of alkyl halides is 3. The van der Waals surface area contributed by atoms with Crippen molar-refractivity contribution in [2.45, 2.75) is 51.8 Å². The molecule has 2 aliphatic rings. The molecule has 0 aliphatic carbocycles. The molecule has 4 rings (SSSR count). The SMILES string of the molecule is CCC1(CC)CC(CCN2CCN(c3ccc4nc(C(F)(F)F)[nH]c4c3)CC2)OC1=O. The van der Waals surface area contributed by atoms with Gasteiger partial charge in [0.1, 0.15) is 6.10 Å². The number of benzene rings is 1. The summed E-state index contributed by atoms with van der Waals surface area (Å²) in [6.45, 7) is 8.30. The van der Waals surface area contributed by atoms with Gasteiger partial charge in [-0.25, -0.2) is 4.98 Å².